The van der Waals surface area contributed by atoms with Crippen molar-refractivity contribution in [3.63, 3.8) is 0 Å². The number of nitrogens with one attached hydrogen (secondary N) is 1. The van der Waals surface area contributed by atoms with Gasteiger partial charge in [-0.15, -0.1) is 0 Å². The van der Waals surface area contributed by atoms with E-state index in [1.54, 1.807) is 0 Å². The van der Waals surface area contributed by atoms with Crippen LogP contribution >= 0.6 is 0 Å². The molecule has 1 saturated heterocycles. The van der Waals surface area contributed by atoms with Crippen LogP contribution < -0.4 is 5.32 Å². The van der Waals surface area contributed by atoms with Crippen molar-refractivity contribution in [3.05, 3.63) is 0 Å². The van der Waals surface area contributed by atoms with E-state index < -0.39 is 12.0 Å². The molecule has 1 radical (unpaired) electrons. The first-order chi connectivity index (χ1) is 4.20. The minimum Gasteiger partial charge on any atom is -0.480 e. The van der Waals surface area contributed by atoms with E-state index in [-0.39, 0.29) is 28.3 Å². The second-order valence-corrected chi connectivity index (χ2v) is 2.00. The minimum absolute atomic E-state index is 0. The maximum Gasteiger partial charge on any atom is 0.326 e. The number of rotatable bonds is 1. The molecule has 0 aromatic heterocycles. The van der Waals surface area contributed by atoms with E-state index in [0.29, 0.717) is 12.8 Å². The molecule has 4 nitrogen and oxygen atoms in total. The molecule has 1 atom stereocenters. The Bertz CT molecular complexity index is 159. The van der Waals surface area contributed by atoms with Gasteiger partial charge in [-0.3, -0.25) is 4.79 Å². The van der Waals surface area contributed by atoms with Crippen molar-refractivity contribution in [2.45, 2.75) is 18.9 Å². The fourth-order valence-corrected chi connectivity index (χ4v) is 0.799. The van der Waals surface area contributed by atoms with Gasteiger partial charge >= 0.3 is 5.97 Å². The van der Waals surface area contributed by atoms with Gasteiger partial charge in [-0.25, -0.2) is 4.79 Å². The van der Waals surface area contributed by atoms with E-state index in [0.717, 1.165) is 0 Å². The summed E-state index contributed by atoms with van der Waals surface area (Å²) in [6.07, 6.45) is 0.769. The molecule has 5 heteroatoms. The molecular weight excluding hydrogens is 230 g/mol. The maximum absolute atomic E-state index is 10.4. The van der Waals surface area contributed by atoms with Crippen molar-refractivity contribution in [3.8, 4) is 0 Å². The van der Waals surface area contributed by atoms with Gasteiger partial charge in [0.1, 0.15) is 6.04 Å². The standard InChI is InChI=1S/C5H7NO3.Ag/c7-4-2-1-3(6-4)5(8)9;/h3H,1-2H2,(H,6,7)(H,8,9);. The van der Waals surface area contributed by atoms with Crippen LogP contribution in [0.15, 0.2) is 0 Å². The van der Waals surface area contributed by atoms with E-state index in [9.17, 15) is 9.59 Å². The van der Waals surface area contributed by atoms with Crippen LogP contribution in [0.1, 0.15) is 12.8 Å². The number of aliphatic carboxylic acids is 1. The fraction of sp³-hybridized carbons (Fsp3) is 0.600. The van der Waals surface area contributed by atoms with Crippen LogP contribution in [0, 0.1) is 0 Å². The summed E-state index contributed by atoms with van der Waals surface area (Å²) in [6.45, 7) is 0. The number of carbonyl (C=O) groups excluding carboxylic acids is 1. The molecule has 1 aliphatic heterocycles. The molecule has 2 N–H and O–H groups in total. The second kappa shape index (κ2) is 3.75. The summed E-state index contributed by atoms with van der Waals surface area (Å²) in [5.74, 6) is -1.11. The third-order valence-electron chi connectivity index (χ3n) is 1.29. The SMILES string of the molecule is O=C1CCC(C(=O)O)N1.[Ag]. The van der Waals surface area contributed by atoms with Gasteiger partial charge < -0.3 is 10.4 Å². The van der Waals surface area contributed by atoms with Crippen molar-refractivity contribution >= 4 is 11.9 Å². The van der Waals surface area contributed by atoms with Gasteiger partial charge in [-0.1, -0.05) is 0 Å². The molecule has 1 unspecified atom stereocenters. The Hall–Kier alpha value is -0.320. The Kier molecular flexibility index (Phi) is 3.63. The van der Waals surface area contributed by atoms with Crippen molar-refractivity contribution in [2.24, 2.45) is 0 Å². The van der Waals surface area contributed by atoms with E-state index in [1.807, 2.05) is 0 Å². The van der Waals surface area contributed by atoms with Crippen LogP contribution in [0.25, 0.3) is 0 Å². The number of carboxylic acid groups (broad SMARTS) is 1. The number of carboxylic acids is 1. The third-order valence-corrected chi connectivity index (χ3v) is 1.29. The van der Waals surface area contributed by atoms with Gasteiger partial charge in [0.05, 0.1) is 0 Å². The summed E-state index contributed by atoms with van der Waals surface area (Å²) in [4.78, 5) is 20.5. The molecule has 0 saturated carbocycles. The van der Waals surface area contributed by atoms with E-state index in [2.05, 4.69) is 5.32 Å². The minimum atomic E-state index is -0.944. The normalized spacial score (nSPS) is 23.2. The predicted molar refractivity (Wildman–Crippen MR) is 28.8 cm³/mol. The van der Waals surface area contributed by atoms with Gasteiger partial charge in [-0.2, -0.15) is 0 Å². The number of carbonyl (C=O) groups is 2. The van der Waals surface area contributed by atoms with Gasteiger partial charge in [0.25, 0.3) is 0 Å². The van der Waals surface area contributed by atoms with Crippen molar-refractivity contribution in [1.29, 1.82) is 0 Å². The second-order valence-electron chi connectivity index (χ2n) is 2.00. The van der Waals surface area contributed by atoms with Gasteiger partial charge in [-0.05, 0) is 6.42 Å². The van der Waals surface area contributed by atoms with Gasteiger partial charge in [0.2, 0.25) is 5.91 Å². The zero-order valence-corrected chi connectivity index (χ0v) is 6.54. The first kappa shape index (κ1) is 9.68. The van der Waals surface area contributed by atoms with Crippen molar-refractivity contribution < 1.29 is 37.1 Å². The largest absolute Gasteiger partial charge is 0.480 e. The molecule has 1 aliphatic rings. The molecule has 61 valence electrons. The topological polar surface area (TPSA) is 66.4 Å². The summed E-state index contributed by atoms with van der Waals surface area (Å²) in [7, 11) is 0. The smallest absolute Gasteiger partial charge is 0.326 e. The predicted octanol–water partition coefficient (Wildman–Crippen LogP) is -0.653. The molecule has 0 spiro atoms. The number of hydrogen-bond donors (Lipinski definition) is 2. The van der Waals surface area contributed by atoms with Gasteiger partial charge in [0.15, 0.2) is 0 Å². The molecule has 0 aromatic carbocycles. The van der Waals surface area contributed by atoms with Crippen LogP contribution in [0.5, 0.6) is 0 Å². The molecule has 0 aromatic rings. The van der Waals surface area contributed by atoms with Gasteiger partial charge in [0, 0.05) is 28.8 Å². The molecule has 1 rings (SSSR count). The molecule has 1 fully saturated rings. The number of amides is 1. The van der Waals surface area contributed by atoms with Crippen LogP contribution in [-0.2, 0) is 32.0 Å². The molecule has 1 heterocycles. The Morgan fingerprint density at radius 2 is 2.30 bits per heavy atom. The molecule has 0 aliphatic carbocycles. The number of hydrogen-bond acceptors (Lipinski definition) is 2. The zero-order valence-electron chi connectivity index (χ0n) is 5.06. The average molecular weight is 237 g/mol. The first-order valence-electron chi connectivity index (χ1n) is 2.72. The molecular formula is C5H7AgNO3. The van der Waals surface area contributed by atoms with Crippen LogP contribution in [0.3, 0.4) is 0 Å². The first-order valence-corrected chi connectivity index (χ1v) is 2.72. The Morgan fingerprint density at radius 1 is 1.70 bits per heavy atom. The van der Waals surface area contributed by atoms with E-state index in [1.165, 1.54) is 0 Å². The van der Waals surface area contributed by atoms with Crippen molar-refractivity contribution in [1.82, 2.24) is 5.32 Å². The molecule has 0 bridgehead atoms. The van der Waals surface area contributed by atoms with E-state index >= 15 is 0 Å². The van der Waals surface area contributed by atoms with Crippen molar-refractivity contribution in [2.75, 3.05) is 0 Å². The molecule has 1 amide bonds. The van der Waals surface area contributed by atoms with Crippen LogP contribution in [0.4, 0.5) is 0 Å². The Balaban J connectivity index is 0.000000810. The Labute approximate surface area is 73.5 Å². The summed E-state index contributed by atoms with van der Waals surface area (Å²) < 4.78 is 0. The van der Waals surface area contributed by atoms with Crippen LogP contribution in [-0.4, -0.2) is 23.0 Å². The summed E-state index contributed by atoms with van der Waals surface area (Å²) >= 11 is 0. The monoisotopic (exact) mass is 236 g/mol. The summed E-state index contributed by atoms with van der Waals surface area (Å²) in [5.41, 5.74) is 0. The summed E-state index contributed by atoms with van der Waals surface area (Å²) in [5, 5.41) is 10.6. The maximum atomic E-state index is 10.4. The third kappa shape index (κ3) is 2.13. The van der Waals surface area contributed by atoms with Crippen LogP contribution in [0.2, 0.25) is 0 Å². The summed E-state index contributed by atoms with van der Waals surface area (Å²) in [6, 6.07) is -0.641. The fourth-order valence-electron chi connectivity index (χ4n) is 0.799. The zero-order chi connectivity index (χ0) is 6.85. The van der Waals surface area contributed by atoms with E-state index in [4.69, 9.17) is 5.11 Å². The average Bonchev–Trinajstić information content (AvgIpc) is 2.14. The quantitative estimate of drug-likeness (QED) is 0.595. The molecule has 10 heavy (non-hydrogen) atoms. The Morgan fingerprint density at radius 3 is 2.50 bits per heavy atom.